The maximum Gasteiger partial charge on any atom is 0.226 e. The third-order valence-electron chi connectivity index (χ3n) is 2.78. The summed E-state index contributed by atoms with van der Waals surface area (Å²) in [5.41, 5.74) is 6.35. The molecule has 1 amide bonds. The Kier molecular flexibility index (Phi) is 5.49. The van der Waals surface area contributed by atoms with E-state index in [2.05, 4.69) is 0 Å². The Morgan fingerprint density at radius 3 is 2.61 bits per heavy atom. The molecule has 0 fully saturated rings. The van der Waals surface area contributed by atoms with Crippen LogP contribution in [0.1, 0.15) is 27.2 Å². The Morgan fingerprint density at radius 2 is 2.06 bits per heavy atom. The van der Waals surface area contributed by atoms with Crippen LogP contribution in [0.15, 0.2) is 24.3 Å². The third kappa shape index (κ3) is 3.95. The molecule has 4 nitrogen and oxygen atoms in total. The van der Waals surface area contributed by atoms with Gasteiger partial charge in [-0.1, -0.05) is 12.1 Å². The van der Waals surface area contributed by atoms with Crippen LogP contribution in [0.3, 0.4) is 0 Å². The van der Waals surface area contributed by atoms with Crippen molar-refractivity contribution in [3.8, 4) is 5.75 Å². The van der Waals surface area contributed by atoms with E-state index >= 15 is 0 Å². The van der Waals surface area contributed by atoms with E-state index in [9.17, 15) is 4.79 Å². The summed E-state index contributed by atoms with van der Waals surface area (Å²) in [7, 11) is 0. The van der Waals surface area contributed by atoms with E-state index in [4.69, 9.17) is 10.5 Å². The van der Waals surface area contributed by atoms with Crippen LogP contribution in [0.5, 0.6) is 5.75 Å². The number of carbonyl (C=O) groups excluding carboxylic acids is 1. The number of para-hydroxylation sites is 2. The fourth-order valence-corrected chi connectivity index (χ4v) is 1.83. The van der Waals surface area contributed by atoms with Crippen LogP contribution in [0.25, 0.3) is 0 Å². The molecule has 0 saturated heterocycles. The standard InChI is InChI=1S/C14H22N2O2/c1-4-16(11(2)3)14(17)9-10-18-13-8-6-5-7-12(13)15/h5-8,11H,4,9-10,15H2,1-3H3. The highest BCUT2D eigenvalue weighted by atomic mass is 16.5. The van der Waals surface area contributed by atoms with Gasteiger partial charge >= 0.3 is 0 Å². The lowest BCUT2D eigenvalue weighted by Crippen LogP contribution is -2.37. The molecule has 4 heteroatoms. The number of hydrogen-bond acceptors (Lipinski definition) is 3. The normalized spacial score (nSPS) is 10.4. The number of benzene rings is 1. The SMILES string of the molecule is CCN(C(=O)CCOc1ccccc1N)C(C)C. The molecule has 0 heterocycles. The molecule has 0 radical (unpaired) electrons. The fraction of sp³-hybridized carbons (Fsp3) is 0.500. The second-order valence-electron chi connectivity index (χ2n) is 4.41. The van der Waals surface area contributed by atoms with Gasteiger partial charge in [0.25, 0.3) is 0 Å². The molecule has 18 heavy (non-hydrogen) atoms. The van der Waals surface area contributed by atoms with Crippen molar-refractivity contribution >= 4 is 11.6 Å². The third-order valence-corrected chi connectivity index (χ3v) is 2.78. The van der Waals surface area contributed by atoms with E-state index in [1.165, 1.54) is 0 Å². The highest BCUT2D eigenvalue weighted by Crippen LogP contribution is 2.19. The second-order valence-corrected chi connectivity index (χ2v) is 4.41. The Bertz CT molecular complexity index is 391. The maximum atomic E-state index is 11.9. The molecule has 1 aromatic rings. The highest BCUT2D eigenvalue weighted by molar-refractivity contribution is 5.76. The molecule has 0 aliphatic rings. The van der Waals surface area contributed by atoms with Gasteiger partial charge in [0.05, 0.1) is 18.7 Å². The molecule has 0 bridgehead atoms. The first kappa shape index (κ1) is 14.4. The van der Waals surface area contributed by atoms with Gasteiger partial charge in [0.1, 0.15) is 5.75 Å². The van der Waals surface area contributed by atoms with Crippen molar-refractivity contribution in [1.29, 1.82) is 0 Å². The zero-order valence-corrected chi connectivity index (χ0v) is 11.3. The average molecular weight is 250 g/mol. The van der Waals surface area contributed by atoms with Gasteiger partial charge in [0.2, 0.25) is 5.91 Å². The highest BCUT2D eigenvalue weighted by Gasteiger charge is 2.14. The molecular weight excluding hydrogens is 228 g/mol. The molecule has 0 saturated carbocycles. The minimum Gasteiger partial charge on any atom is -0.491 e. The van der Waals surface area contributed by atoms with Crippen LogP contribution in [-0.4, -0.2) is 30.0 Å². The van der Waals surface area contributed by atoms with Crippen molar-refractivity contribution in [2.24, 2.45) is 0 Å². The Labute approximate surface area is 109 Å². The number of hydrogen-bond donors (Lipinski definition) is 1. The monoisotopic (exact) mass is 250 g/mol. The average Bonchev–Trinajstić information content (AvgIpc) is 2.32. The van der Waals surface area contributed by atoms with Gasteiger partial charge in [-0.2, -0.15) is 0 Å². The van der Waals surface area contributed by atoms with Crippen LogP contribution < -0.4 is 10.5 Å². The first-order valence-corrected chi connectivity index (χ1v) is 6.33. The molecule has 1 aromatic carbocycles. The molecule has 0 aromatic heterocycles. The minimum absolute atomic E-state index is 0.113. The molecule has 0 atom stereocenters. The number of carbonyl (C=O) groups is 1. The molecule has 2 N–H and O–H groups in total. The molecule has 0 spiro atoms. The zero-order chi connectivity index (χ0) is 13.5. The summed E-state index contributed by atoms with van der Waals surface area (Å²) < 4.78 is 5.51. The van der Waals surface area contributed by atoms with E-state index in [1.807, 2.05) is 37.8 Å². The molecule has 1 rings (SSSR count). The van der Waals surface area contributed by atoms with Crippen LogP contribution in [0.2, 0.25) is 0 Å². The van der Waals surface area contributed by atoms with Crippen molar-refractivity contribution in [3.63, 3.8) is 0 Å². The van der Waals surface area contributed by atoms with Gasteiger partial charge in [-0.25, -0.2) is 0 Å². The first-order chi connectivity index (χ1) is 8.56. The first-order valence-electron chi connectivity index (χ1n) is 6.33. The summed E-state index contributed by atoms with van der Waals surface area (Å²) in [6.45, 7) is 7.09. The number of rotatable bonds is 6. The van der Waals surface area contributed by atoms with Gasteiger partial charge < -0.3 is 15.4 Å². The van der Waals surface area contributed by atoms with Gasteiger partial charge in [-0.3, -0.25) is 4.79 Å². The van der Waals surface area contributed by atoms with E-state index in [0.717, 1.165) is 6.54 Å². The summed E-state index contributed by atoms with van der Waals surface area (Å²) in [6, 6.07) is 7.53. The second kappa shape index (κ2) is 6.89. The lowest BCUT2D eigenvalue weighted by Gasteiger charge is -2.25. The van der Waals surface area contributed by atoms with Crippen molar-refractivity contribution < 1.29 is 9.53 Å². The Balaban J connectivity index is 2.42. The van der Waals surface area contributed by atoms with Crippen LogP contribution in [0.4, 0.5) is 5.69 Å². The Hall–Kier alpha value is -1.71. The largest absolute Gasteiger partial charge is 0.491 e. The lowest BCUT2D eigenvalue weighted by atomic mass is 10.2. The number of nitrogens with zero attached hydrogens (tertiary/aromatic N) is 1. The summed E-state index contributed by atoms with van der Waals surface area (Å²) in [6.07, 6.45) is 0.375. The van der Waals surface area contributed by atoms with Crippen LogP contribution in [-0.2, 0) is 4.79 Å². The predicted molar refractivity (Wildman–Crippen MR) is 73.5 cm³/mol. The summed E-state index contributed by atoms with van der Waals surface area (Å²) in [4.78, 5) is 13.7. The topological polar surface area (TPSA) is 55.6 Å². The number of nitrogens with two attached hydrogens (primary N) is 1. The quantitative estimate of drug-likeness (QED) is 0.788. The minimum atomic E-state index is 0.113. The van der Waals surface area contributed by atoms with Crippen molar-refractivity contribution in [3.05, 3.63) is 24.3 Å². The number of ether oxygens (including phenoxy) is 1. The van der Waals surface area contributed by atoms with E-state index < -0.39 is 0 Å². The van der Waals surface area contributed by atoms with Crippen LogP contribution in [0, 0.1) is 0 Å². The molecule has 0 aliphatic heterocycles. The summed E-state index contributed by atoms with van der Waals surface area (Å²) >= 11 is 0. The smallest absolute Gasteiger partial charge is 0.226 e. The van der Waals surface area contributed by atoms with Gasteiger partial charge in [0.15, 0.2) is 0 Å². The maximum absolute atomic E-state index is 11.9. The lowest BCUT2D eigenvalue weighted by molar-refractivity contribution is -0.133. The number of anilines is 1. The van der Waals surface area contributed by atoms with E-state index in [0.29, 0.717) is 24.5 Å². The van der Waals surface area contributed by atoms with Gasteiger partial charge in [-0.05, 0) is 32.9 Å². The van der Waals surface area contributed by atoms with Crippen LogP contribution >= 0.6 is 0 Å². The number of amides is 1. The Morgan fingerprint density at radius 1 is 1.39 bits per heavy atom. The number of nitrogen functional groups attached to an aromatic ring is 1. The fourth-order valence-electron chi connectivity index (χ4n) is 1.83. The summed E-state index contributed by atoms with van der Waals surface area (Å²) in [5, 5.41) is 0. The van der Waals surface area contributed by atoms with E-state index in [-0.39, 0.29) is 11.9 Å². The zero-order valence-electron chi connectivity index (χ0n) is 11.3. The molecule has 100 valence electrons. The van der Waals surface area contributed by atoms with Crippen molar-refractivity contribution in [2.45, 2.75) is 33.2 Å². The molecule has 0 unspecified atom stereocenters. The van der Waals surface area contributed by atoms with Gasteiger partial charge in [0, 0.05) is 12.6 Å². The summed E-state index contributed by atoms with van der Waals surface area (Å²) in [5.74, 6) is 0.750. The predicted octanol–water partition coefficient (Wildman–Crippen LogP) is 2.29. The van der Waals surface area contributed by atoms with Gasteiger partial charge in [-0.15, -0.1) is 0 Å². The molecular formula is C14H22N2O2. The van der Waals surface area contributed by atoms with Crippen molar-refractivity contribution in [1.82, 2.24) is 4.90 Å². The molecule has 0 aliphatic carbocycles. The van der Waals surface area contributed by atoms with Crippen molar-refractivity contribution in [2.75, 3.05) is 18.9 Å². The van der Waals surface area contributed by atoms with E-state index in [1.54, 1.807) is 12.1 Å².